The van der Waals surface area contributed by atoms with Crippen molar-refractivity contribution >= 4 is 23.5 Å². The molecule has 0 aromatic heterocycles. The highest BCUT2D eigenvalue weighted by atomic mass is 35.5. The molecule has 3 rings (SSSR count). The number of carbonyl (C=O) groups is 2. The van der Waals surface area contributed by atoms with E-state index in [-0.39, 0.29) is 30.7 Å². The van der Waals surface area contributed by atoms with Gasteiger partial charge in [-0.05, 0) is 54.9 Å². The molecule has 164 valence electrons. The monoisotopic (exact) mass is 433 g/mol. The van der Waals surface area contributed by atoms with E-state index in [0.717, 1.165) is 34.6 Å². The van der Waals surface area contributed by atoms with Crippen LogP contribution in [0.2, 0.25) is 5.02 Å². The molecule has 2 aliphatic rings. The third kappa shape index (κ3) is 4.57. The van der Waals surface area contributed by atoms with Crippen LogP contribution in [0.25, 0.3) is 0 Å². The van der Waals surface area contributed by atoms with E-state index in [9.17, 15) is 9.59 Å². The summed E-state index contributed by atoms with van der Waals surface area (Å²) in [4.78, 5) is 25.4. The van der Waals surface area contributed by atoms with E-state index >= 15 is 0 Å². The predicted octanol–water partition coefficient (Wildman–Crippen LogP) is 4.96. The van der Waals surface area contributed by atoms with Crippen molar-refractivity contribution in [1.29, 1.82) is 0 Å². The summed E-state index contributed by atoms with van der Waals surface area (Å²) < 4.78 is 6.12. The summed E-state index contributed by atoms with van der Waals surface area (Å²) in [6.45, 7) is 11.2. The Bertz CT molecular complexity index is 884. The van der Waals surface area contributed by atoms with Gasteiger partial charge in [-0.15, -0.1) is 0 Å². The van der Waals surface area contributed by atoms with Gasteiger partial charge in [-0.1, -0.05) is 44.5 Å². The fourth-order valence-electron chi connectivity index (χ4n) is 4.35. The Morgan fingerprint density at radius 1 is 1.30 bits per heavy atom. The number of fused-ring (bicyclic) bond motifs is 1. The van der Waals surface area contributed by atoms with Crippen LogP contribution in [0.1, 0.15) is 65.0 Å². The number of amides is 1. The lowest BCUT2D eigenvalue weighted by atomic mass is 9.68. The molecule has 0 spiro atoms. The van der Waals surface area contributed by atoms with Gasteiger partial charge in [0.1, 0.15) is 0 Å². The molecule has 0 bridgehead atoms. The van der Waals surface area contributed by atoms with Crippen molar-refractivity contribution < 1.29 is 19.4 Å². The first-order valence-electron chi connectivity index (χ1n) is 10.5. The van der Waals surface area contributed by atoms with E-state index in [1.807, 2.05) is 26.1 Å². The molecule has 1 aromatic carbocycles. The number of hydrogen-bond donors (Lipinski definition) is 1. The summed E-state index contributed by atoms with van der Waals surface area (Å²) in [6.07, 6.45) is 3.92. The van der Waals surface area contributed by atoms with Gasteiger partial charge in [0, 0.05) is 24.2 Å². The van der Waals surface area contributed by atoms with E-state index < -0.39 is 17.0 Å². The Morgan fingerprint density at radius 2 is 2.00 bits per heavy atom. The molecule has 1 N–H and O–H groups in total. The minimum absolute atomic E-state index is 0.0852. The number of carboxylic acids is 1. The molecular formula is C24H32ClNO4. The molecule has 1 aromatic rings. The lowest BCUT2D eigenvalue weighted by molar-refractivity contribution is -0.138. The van der Waals surface area contributed by atoms with E-state index in [4.69, 9.17) is 21.4 Å². The largest absolute Gasteiger partial charge is 0.481 e. The summed E-state index contributed by atoms with van der Waals surface area (Å²) in [5, 5.41) is 9.72. The molecule has 2 aliphatic heterocycles. The molecule has 0 aliphatic carbocycles. The van der Waals surface area contributed by atoms with Crippen LogP contribution in [-0.2, 0) is 26.2 Å². The van der Waals surface area contributed by atoms with Gasteiger partial charge in [-0.3, -0.25) is 9.59 Å². The molecule has 1 amide bonds. The summed E-state index contributed by atoms with van der Waals surface area (Å²) in [7, 11) is 0. The average Bonchev–Trinajstić information content (AvgIpc) is 2.89. The number of aliphatic carboxylic acids is 1. The zero-order chi connectivity index (χ0) is 22.3. The van der Waals surface area contributed by atoms with E-state index in [1.54, 1.807) is 0 Å². The van der Waals surface area contributed by atoms with Crippen LogP contribution in [0, 0.1) is 5.41 Å². The third-order valence-electron chi connectivity index (χ3n) is 6.22. The van der Waals surface area contributed by atoms with Gasteiger partial charge in [-0.2, -0.15) is 0 Å². The highest BCUT2D eigenvalue weighted by molar-refractivity contribution is 6.31. The van der Waals surface area contributed by atoms with Crippen LogP contribution in [0.15, 0.2) is 30.0 Å². The van der Waals surface area contributed by atoms with Gasteiger partial charge in [0.15, 0.2) is 0 Å². The van der Waals surface area contributed by atoms with Crippen molar-refractivity contribution in [3.8, 4) is 0 Å². The fourth-order valence-corrected chi connectivity index (χ4v) is 4.63. The van der Waals surface area contributed by atoms with E-state index in [2.05, 4.69) is 32.9 Å². The maximum absolute atomic E-state index is 12.9. The first-order valence-corrected chi connectivity index (χ1v) is 10.9. The molecule has 0 saturated carbocycles. The van der Waals surface area contributed by atoms with Gasteiger partial charge < -0.3 is 14.7 Å². The van der Waals surface area contributed by atoms with Gasteiger partial charge >= 0.3 is 5.97 Å². The van der Waals surface area contributed by atoms with Crippen molar-refractivity contribution in [2.24, 2.45) is 5.41 Å². The lowest BCUT2D eigenvalue weighted by Gasteiger charge is -2.39. The fraction of sp³-hybridized carbons (Fsp3) is 0.583. The van der Waals surface area contributed by atoms with Crippen LogP contribution in [-0.4, -0.2) is 40.6 Å². The number of benzene rings is 1. The van der Waals surface area contributed by atoms with Crippen LogP contribution >= 0.6 is 11.6 Å². The van der Waals surface area contributed by atoms with Gasteiger partial charge in [0.25, 0.3) is 0 Å². The highest BCUT2D eigenvalue weighted by Crippen LogP contribution is 2.51. The summed E-state index contributed by atoms with van der Waals surface area (Å²) in [6, 6.07) is 6.13. The van der Waals surface area contributed by atoms with Crippen molar-refractivity contribution in [3.05, 3.63) is 46.1 Å². The molecule has 30 heavy (non-hydrogen) atoms. The second-order valence-corrected chi connectivity index (χ2v) is 10.6. The standard InChI is InChI=1S/C24H32ClNO4/c1-22(2,3)10-8-16-6-7-17(12-18(16)25)24-13-20(27)26(11-9-21(28)29)14-19(24)23(4,5)30-15-24/h6-7,12,14H,8-11,13,15H2,1-5H3,(H,28,29). The number of ether oxygens (including phenoxy) is 1. The summed E-state index contributed by atoms with van der Waals surface area (Å²) in [5.41, 5.74) is 2.22. The van der Waals surface area contributed by atoms with Crippen LogP contribution < -0.4 is 0 Å². The molecule has 5 nitrogen and oxygen atoms in total. The first-order chi connectivity index (χ1) is 13.8. The molecule has 6 heteroatoms. The number of aryl methyl sites for hydroxylation is 1. The number of halogens is 1. The van der Waals surface area contributed by atoms with Crippen molar-refractivity contribution in [2.45, 2.75) is 71.3 Å². The number of nitrogens with zero attached hydrogens (tertiary/aromatic N) is 1. The van der Waals surface area contributed by atoms with Gasteiger partial charge in [0.05, 0.1) is 24.0 Å². The Labute approximate surface area is 184 Å². The van der Waals surface area contributed by atoms with Gasteiger partial charge in [0.2, 0.25) is 5.91 Å². The predicted molar refractivity (Wildman–Crippen MR) is 118 cm³/mol. The maximum atomic E-state index is 12.9. The number of carboxylic acid groups (broad SMARTS) is 1. The normalized spacial score (nSPS) is 23.3. The molecular weight excluding hydrogens is 402 g/mol. The van der Waals surface area contributed by atoms with E-state index in [1.165, 1.54) is 4.90 Å². The first kappa shape index (κ1) is 22.8. The Balaban J connectivity index is 1.95. The van der Waals surface area contributed by atoms with Crippen molar-refractivity contribution in [3.63, 3.8) is 0 Å². The zero-order valence-corrected chi connectivity index (χ0v) is 19.3. The van der Waals surface area contributed by atoms with Crippen molar-refractivity contribution in [1.82, 2.24) is 4.90 Å². The Morgan fingerprint density at radius 3 is 2.60 bits per heavy atom. The number of carbonyl (C=O) groups excluding carboxylic acids is 1. The molecule has 0 radical (unpaired) electrons. The molecule has 1 saturated heterocycles. The number of hydrogen-bond acceptors (Lipinski definition) is 3. The summed E-state index contributed by atoms with van der Waals surface area (Å²) in [5.74, 6) is -1.01. The highest BCUT2D eigenvalue weighted by Gasteiger charge is 2.54. The average molecular weight is 434 g/mol. The second kappa shape index (κ2) is 8.01. The molecule has 1 fully saturated rings. The molecule has 2 heterocycles. The number of rotatable bonds is 6. The zero-order valence-electron chi connectivity index (χ0n) is 18.5. The lowest BCUT2D eigenvalue weighted by Crippen LogP contribution is -2.45. The van der Waals surface area contributed by atoms with E-state index in [0.29, 0.717) is 6.61 Å². The maximum Gasteiger partial charge on any atom is 0.305 e. The topological polar surface area (TPSA) is 66.8 Å². The minimum atomic E-state index is -0.919. The Hall–Kier alpha value is -1.85. The quantitative estimate of drug-likeness (QED) is 0.688. The second-order valence-electron chi connectivity index (χ2n) is 10.2. The summed E-state index contributed by atoms with van der Waals surface area (Å²) >= 11 is 6.66. The third-order valence-corrected chi connectivity index (χ3v) is 6.57. The molecule has 1 atom stereocenters. The van der Waals surface area contributed by atoms with Crippen LogP contribution in [0.5, 0.6) is 0 Å². The SMILES string of the molecule is CC(C)(C)CCc1ccc(C23COC(C)(C)C2=CN(CCC(=O)O)C(=O)C3)cc1Cl. The van der Waals surface area contributed by atoms with Gasteiger partial charge in [-0.25, -0.2) is 0 Å². The molecule has 1 unspecified atom stereocenters. The minimum Gasteiger partial charge on any atom is -0.481 e. The van der Waals surface area contributed by atoms with Crippen LogP contribution in [0.4, 0.5) is 0 Å². The Kier molecular flexibility index (Phi) is 6.09. The smallest absolute Gasteiger partial charge is 0.305 e. The van der Waals surface area contributed by atoms with Crippen molar-refractivity contribution in [2.75, 3.05) is 13.2 Å². The van der Waals surface area contributed by atoms with Crippen LogP contribution in [0.3, 0.4) is 0 Å².